The van der Waals surface area contributed by atoms with Gasteiger partial charge in [0.1, 0.15) is 6.04 Å². The van der Waals surface area contributed by atoms with Crippen molar-refractivity contribution >= 4 is 12.0 Å². The number of hydrogen-bond acceptors (Lipinski definition) is 2. The van der Waals surface area contributed by atoms with Gasteiger partial charge in [-0.3, -0.25) is 0 Å². The van der Waals surface area contributed by atoms with E-state index in [1.807, 2.05) is 0 Å². The number of nitrogens with zero attached hydrogens (tertiary/aromatic N) is 2. The first-order valence-electron chi connectivity index (χ1n) is 5.59. The zero-order valence-electron chi connectivity index (χ0n) is 10.4. The molecule has 0 aliphatic carbocycles. The first kappa shape index (κ1) is 13.4. The molecule has 0 bridgehead atoms. The summed E-state index contributed by atoms with van der Waals surface area (Å²) >= 11 is 0. The number of aliphatic carboxylic acids is 1. The molecule has 0 unspecified atom stereocenters. The molecule has 94 valence electrons. The van der Waals surface area contributed by atoms with E-state index >= 15 is 0 Å². The van der Waals surface area contributed by atoms with Crippen molar-refractivity contribution in [3.8, 4) is 12.3 Å². The average molecular weight is 238 g/mol. The van der Waals surface area contributed by atoms with Crippen LogP contribution in [0.15, 0.2) is 0 Å². The lowest BCUT2D eigenvalue weighted by molar-refractivity contribution is -0.143. The first-order valence-corrected chi connectivity index (χ1v) is 5.59. The Kier molecular flexibility index (Phi) is 4.00. The van der Waals surface area contributed by atoms with E-state index < -0.39 is 12.0 Å². The van der Waals surface area contributed by atoms with Crippen LogP contribution in [0.4, 0.5) is 4.79 Å². The van der Waals surface area contributed by atoms with Crippen LogP contribution in [0.5, 0.6) is 0 Å². The minimum atomic E-state index is -0.982. The van der Waals surface area contributed by atoms with E-state index in [1.54, 1.807) is 18.7 Å². The van der Waals surface area contributed by atoms with Gasteiger partial charge in [0, 0.05) is 20.1 Å². The van der Waals surface area contributed by atoms with Crippen molar-refractivity contribution in [1.29, 1.82) is 0 Å². The second-order valence-electron chi connectivity index (χ2n) is 4.69. The largest absolute Gasteiger partial charge is 0.480 e. The van der Waals surface area contributed by atoms with E-state index in [2.05, 4.69) is 5.92 Å². The number of amides is 2. The summed E-state index contributed by atoms with van der Waals surface area (Å²) < 4.78 is 0. The molecule has 5 nitrogen and oxygen atoms in total. The van der Waals surface area contributed by atoms with Gasteiger partial charge in [-0.05, 0) is 5.92 Å². The number of urea groups is 1. The van der Waals surface area contributed by atoms with E-state index in [4.69, 9.17) is 11.5 Å². The second-order valence-corrected chi connectivity index (χ2v) is 4.69. The Bertz CT molecular complexity index is 353. The van der Waals surface area contributed by atoms with E-state index in [9.17, 15) is 9.59 Å². The molecule has 0 aromatic carbocycles. The van der Waals surface area contributed by atoms with Crippen molar-refractivity contribution in [2.45, 2.75) is 19.9 Å². The molecule has 1 rings (SSSR count). The molecule has 5 heteroatoms. The molecular weight excluding hydrogens is 220 g/mol. The van der Waals surface area contributed by atoms with Crippen LogP contribution in [-0.2, 0) is 4.79 Å². The molecule has 1 heterocycles. The molecule has 1 saturated heterocycles. The van der Waals surface area contributed by atoms with Gasteiger partial charge in [0.05, 0.1) is 5.92 Å². The zero-order valence-corrected chi connectivity index (χ0v) is 10.4. The number of rotatable bonds is 3. The molecule has 0 spiro atoms. The maximum absolute atomic E-state index is 12.0. The maximum atomic E-state index is 12.0. The number of carboxylic acids is 1. The maximum Gasteiger partial charge on any atom is 0.326 e. The van der Waals surface area contributed by atoms with Gasteiger partial charge in [-0.2, -0.15) is 0 Å². The summed E-state index contributed by atoms with van der Waals surface area (Å²) in [6, 6.07) is -1.06. The van der Waals surface area contributed by atoms with Crippen LogP contribution in [0, 0.1) is 24.2 Å². The molecular formula is C12H18N2O3. The van der Waals surface area contributed by atoms with Gasteiger partial charge in [-0.1, -0.05) is 19.8 Å². The number of carbonyl (C=O) groups excluding carboxylic acids is 1. The normalized spacial score (nSPS) is 17.2. The first-order chi connectivity index (χ1) is 7.88. The smallest absolute Gasteiger partial charge is 0.326 e. The highest BCUT2D eigenvalue weighted by molar-refractivity contribution is 5.83. The average Bonchev–Trinajstić information content (AvgIpc) is 2.14. The molecule has 0 radical (unpaired) electrons. The van der Waals surface area contributed by atoms with E-state index in [0.29, 0.717) is 13.1 Å². The van der Waals surface area contributed by atoms with Gasteiger partial charge in [0.15, 0.2) is 0 Å². The molecule has 17 heavy (non-hydrogen) atoms. The predicted octanol–water partition coefficient (Wildman–Crippen LogP) is 0.712. The molecule has 1 atom stereocenters. The van der Waals surface area contributed by atoms with E-state index in [0.717, 1.165) is 0 Å². The third-order valence-electron chi connectivity index (χ3n) is 2.99. The molecule has 1 aliphatic heterocycles. The number of hydrogen-bond donors (Lipinski definition) is 1. The Morgan fingerprint density at radius 1 is 1.47 bits per heavy atom. The Morgan fingerprint density at radius 2 is 2.00 bits per heavy atom. The highest BCUT2D eigenvalue weighted by Crippen LogP contribution is 2.19. The Balaban J connectivity index is 2.63. The van der Waals surface area contributed by atoms with Crippen LogP contribution in [0.1, 0.15) is 13.8 Å². The summed E-state index contributed by atoms with van der Waals surface area (Å²) in [7, 11) is 1.52. The summed E-state index contributed by atoms with van der Waals surface area (Å²) in [4.78, 5) is 25.9. The van der Waals surface area contributed by atoms with Gasteiger partial charge in [0.25, 0.3) is 0 Å². The number of likely N-dealkylation sites (N-methyl/N-ethyl adjacent to an activating group) is 1. The van der Waals surface area contributed by atoms with Crippen molar-refractivity contribution in [2.24, 2.45) is 11.8 Å². The molecule has 0 aromatic heterocycles. The highest BCUT2D eigenvalue weighted by atomic mass is 16.4. The number of carboxylic acid groups (broad SMARTS) is 1. The van der Waals surface area contributed by atoms with Crippen LogP contribution in [-0.4, -0.2) is 53.1 Å². The fourth-order valence-corrected chi connectivity index (χ4v) is 1.98. The third-order valence-corrected chi connectivity index (χ3v) is 2.99. The van der Waals surface area contributed by atoms with Gasteiger partial charge in [0.2, 0.25) is 0 Å². The molecule has 1 aliphatic rings. The summed E-state index contributed by atoms with van der Waals surface area (Å²) in [6.07, 6.45) is 5.23. The Hall–Kier alpha value is -1.70. The second kappa shape index (κ2) is 5.09. The van der Waals surface area contributed by atoms with Crippen molar-refractivity contribution in [1.82, 2.24) is 9.80 Å². The molecule has 1 N–H and O–H groups in total. The van der Waals surface area contributed by atoms with Crippen LogP contribution < -0.4 is 0 Å². The number of terminal acetylenes is 1. The summed E-state index contributed by atoms with van der Waals surface area (Å²) in [5, 5.41) is 9.09. The fourth-order valence-electron chi connectivity index (χ4n) is 1.98. The van der Waals surface area contributed by atoms with Crippen LogP contribution in [0.3, 0.4) is 0 Å². The van der Waals surface area contributed by atoms with Gasteiger partial charge < -0.3 is 14.9 Å². The monoisotopic (exact) mass is 238 g/mol. The molecule has 0 aromatic rings. The van der Waals surface area contributed by atoms with Crippen LogP contribution in [0.2, 0.25) is 0 Å². The number of carbonyl (C=O) groups is 2. The number of likely N-dealkylation sites (tertiary alicyclic amines) is 1. The quantitative estimate of drug-likeness (QED) is 0.737. The topological polar surface area (TPSA) is 60.9 Å². The van der Waals surface area contributed by atoms with Crippen LogP contribution in [0.25, 0.3) is 0 Å². The summed E-state index contributed by atoms with van der Waals surface area (Å²) in [6.45, 7) is 4.60. The van der Waals surface area contributed by atoms with Crippen LogP contribution >= 0.6 is 0 Å². The van der Waals surface area contributed by atoms with Crippen molar-refractivity contribution in [3.05, 3.63) is 0 Å². The summed E-state index contributed by atoms with van der Waals surface area (Å²) in [5.74, 6) is 1.56. The Morgan fingerprint density at radius 3 is 2.35 bits per heavy atom. The molecule has 0 saturated carbocycles. The van der Waals surface area contributed by atoms with Gasteiger partial charge in [-0.15, -0.1) is 6.42 Å². The van der Waals surface area contributed by atoms with Crippen molar-refractivity contribution < 1.29 is 14.7 Å². The van der Waals surface area contributed by atoms with Crippen molar-refractivity contribution in [3.63, 3.8) is 0 Å². The predicted molar refractivity (Wildman–Crippen MR) is 63.3 cm³/mol. The van der Waals surface area contributed by atoms with Gasteiger partial charge in [-0.25, -0.2) is 9.59 Å². The standard InChI is InChI=1S/C12H18N2O3/c1-5-9-6-14(7-9)12(17)13(4)10(8(2)3)11(15)16/h1,8-10H,6-7H2,2-4H3,(H,15,16)/t10-/m0/s1. The van der Waals surface area contributed by atoms with E-state index in [1.165, 1.54) is 11.9 Å². The lowest BCUT2D eigenvalue weighted by atomic mass is 10.0. The lowest BCUT2D eigenvalue weighted by Gasteiger charge is -2.40. The fraction of sp³-hybridized carbons (Fsp3) is 0.667. The summed E-state index contributed by atoms with van der Waals surface area (Å²) in [5.41, 5.74) is 0. The van der Waals surface area contributed by atoms with Gasteiger partial charge >= 0.3 is 12.0 Å². The van der Waals surface area contributed by atoms with Crippen molar-refractivity contribution in [2.75, 3.05) is 20.1 Å². The minimum absolute atomic E-state index is 0.106. The highest BCUT2D eigenvalue weighted by Gasteiger charge is 2.36. The minimum Gasteiger partial charge on any atom is -0.480 e. The van der Waals surface area contributed by atoms with E-state index in [-0.39, 0.29) is 17.9 Å². The Labute approximate surface area is 101 Å². The molecule has 2 amide bonds. The SMILES string of the molecule is C#CC1CN(C(=O)N(C)[C@H](C(=O)O)C(C)C)C1. The zero-order chi connectivity index (χ0) is 13.2. The lowest BCUT2D eigenvalue weighted by Crippen LogP contribution is -2.57. The third kappa shape index (κ3) is 2.70. The molecule has 1 fully saturated rings.